The molecule has 0 N–H and O–H groups in total. The fourth-order valence-electron chi connectivity index (χ4n) is 2.60. The van der Waals surface area contributed by atoms with Gasteiger partial charge in [0.25, 0.3) is 0 Å². The monoisotopic (exact) mass is 248 g/mol. The lowest BCUT2D eigenvalue weighted by Gasteiger charge is -2.38. The zero-order valence-electron chi connectivity index (χ0n) is 10.3. The highest BCUT2D eigenvalue weighted by Gasteiger charge is 2.24. The number of hydrogen-bond acceptors (Lipinski definition) is 2. The fourth-order valence-corrected chi connectivity index (χ4v) is 2.77. The Hall–Kier alpha value is -1.20. The van der Waals surface area contributed by atoms with Crippen LogP contribution in [-0.2, 0) is 0 Å². The Morgan fingerprint density at radius 3 is 2.82 bits per heavy atom. The minimum Gasteiger partial charge on any atom is -0.368 e. The number of benzene rings is 1. The summed E-state index contributed by atoms with van der Waals surface area (Å²) in [6.07, 6.45) is 2.36. The third-order valence-corrected chi connectivity index (χ3v) is 3.76. The van der Waals surface area contributed by atoms with Crippen LogP contribution in [0.3, 0.4) is 0 Å². The van der Waals surface area contributed by atoms with Crippen molar-refractivity contribution in [1.82, 2.24) is 0 Å². The summed E-state index contributed by atoms with van der Waals surface area (Å²) in [5, 5.41) is 9.86. The second-order valence-electron chi connectivity index (χ2n) is 4.95. The van der Waals surface area contributed by atoms with Gasteiger partial charge in [-0.15, -0.1) is 0 Å². The van der Waals surface area contributed by atoms with Crippen molar-refractivity contribution in [3.63, 3.8) is 0 Å². The number of piperidine rings is 1. The lowest BCUT2D eigenvalue weighted by molar-refractivity contribution is 0.378. The average Bonchev–Trinajstić information content (AvgIpc) is 2.29. The number of halogens is 1. The number of hydrogen-bond donors (Lipinski definition) is 0. The van der Waals surface area contributed by atoms with E-state index in [1.54, 1.807) is 6.07 Å². The molecule has 3 heteroatoms. The molecule has 1 aromatic rings. The number of rotatable bonds is 1. The van der Waals surface area contributed by atoms with Crippen molar-refractivity contribution in [2.24, 2.45) is 5.92 Å². The normalized spacial score (nSPS) is 24.5. The Labute approximate surface area is 108 Å². The summed E-state index contributed by atoms with van der Waals surface area (Å²) in [5.74, 6) is 0.769. The Kier molecular flexibility index (Phi) is 3.59. The molecule has 1 heterocycles. The lowest BCUT2D eigenvalue weighted by Crippen LogP contribution is -2.40. The summed E-state index contributed by atoms with van der Waals surface area (Å²) in [5.41, 5.74) is 1.70. The van der Waals surface area contributed by atoms with Crippen LogP contribution >= 0.6 is 11.6 Å². The highest BCUT2D eigenvalue weighted by molar-refractivity contribution is 6.30. The van der Waals surface area contributed by atoms with Crippen LogP contribution < -0.4 is 4.90 Å². The molecule has 1 aromatic carbocycles. The van der Waals surface area contributed by atoms with E-state index in [4.69, 9.17) is 16.9 Å². The van der Waals surface area contributed by atoms with Crippen LogP contribution in [0.25, 0.3) is 0 Å². The Bertz CT molecular complexity index is 450. The molecule has 2 rings (SSSR count). The predicted octanol–water partition coefficient (Wildman–Crippen LogP) is 3.84. The van der Waals surface area contributed by atoms with Gasteiger partial charge in [0, 0.05) is 17.6 Å². The third-order valence-electron chi connectivity index (χ3n) is 3.53. The molecular weight excluding hydrogens is 232 g/mol. The second kappa shape index (κ2) is 4.98. The third kappa shape index (κ3) is 2.56. The van der Waals surface area contributed by atoms with E-state index in [2.05, 4.69) is 24.8 Å². The van der Waals surface area contributed by atoms with Crippen molar-refractivity contribution in [3.8, 4) is 6.07 Å². The Morgan fingerprint density at radius 1 is 1.41 bits per heavy atom. The zero-order chi connectivity index (χ0) is 12.4. The zero-order valence-corrected chi connectivity index (χ0v) is 11.0. The highest BCUT2D eigenvalue weighted by atomic mass is 35.5. The van der Waals surface area contributed by atoms with E-state index in [1.165, 1.54) is 12.8 Å². The second-order valence-corrected chi connectivity index (χ2v) is 5.38. The molecule has 0 bridgehead atoms. The number of anilines is 1. The maximum absolute atomic E-state index is 9.16. The molecule has 0 amide bonds. The molecule has 1 aliphatic rings. The van der Waals surface area contributed by atoms with Gasteiger partial charge in [-0.05, 0) is 43.9 Å². The average molecular weight is 249 g/mol. The van der Waals surface area contributed by atoms with Crippen LogP contribution in [0, 0.1) is 17.2 Å². The van der Waals surface area contributed by atoms with Crippen LogP contribution in [0.15, 0.2) is 18.2 Å². The summed E-state index contributed by atoms with van der Waals surface area (Å²) in [6.45, 7) is 5.52. The SMILES string of the molecule is CC1CCN(c2cc(Cl)ccc2C#N)C(C)C1. The summed E-state index contributed by atoms with van der Waals surface area (Å²) in [7, 11) is 0. The molecule has 2 nitrogen and oxygen atoms in total. The van der Waals surface area contributed by atoms with E-state index in [-0.39, 0.29) is 0 Å². The molecule has 1 aliphatic heterocycles. The topological polar surface area (TPSA) is 27.0 Å². The maximum Gasteiger partial charge on any atom is 0.101 e. The lowest BCUT2D eigenvalue weighted by atomic mass is 9.92. The molecular formula is C14H17ClN2. The van der Waals surface area contributed by atoms with Crippen LogP contribution in [0.1, 0.15) is 32.3 Å². The van der Waals surface area contributed by atoms with Crippen molar-refractivity contribution in [2.45, 2.75) is 32.7 Å². The summed E-state index contributed by atoms with van der Waals surface area (Å²) < 4.78 is 0. The van der Waals surface area contributed by atoms with Crippen LogP contribution in [0.5, 0.6) is 0 Å². The standard InChI is InChI=1S/C14H17ClN2/c1-10-5-6-17(11(2)7-10)14-8-13(15)4-3-12(14)9-16/h3-4,8,10-11H,5-7H2,1-2H3. The van der Waals surface area contributed by atoms with Gasteiger partial charge in [-0.2, -0.15) is 5.26 Å². The first-order valence-corrected chi connectivity index (χ1v) is 6.46. The maximum atomic E-state index is 9.16. The van der Waals surface area contributed by atoms with E-state index in [0.717, 1.165) is 23.7 Å². The van der Waals surface area contributed by atoms with Gasteiger partial charge in [0.05, 0.1) is 11.3 Å². The molecule has 0 aromatic heterocycles. The van der Waals surface area contributed by atoms with Crippen molar-refractivity contribution < 1.29 is 0 Å². The quantitative estimate of drug-likeness (QED) is 0.755. The molecule has 0 spiro atoms. The van der Waals surface area contributed by atoms with E-state index in [9.17, 15) is 0 Å². The van der Waals surface area contributed by atoms with Crippen LogP contribution in [0.2, 0.25) is 5.02 Å². The number of nitrogens with zero attached hydrogens (tertiary/aromatic N) is 2. The predicted molar refractivity (Wildman–Crippen MR) is 71.4 cm³/mol. The molecule has 1 saturated heterocycles. The van der Waals surface area contributed by atoms with E-state index in [1.807, 2.05) is 12.1 Å². The Balaban J connectivity index is 2.33. The summed E-state index contributed by atoms with van der Waals surface area (Å²) in [6, 6.07) is 8.22. The van der Waals surface area contributed by atoms with Crippen molar-refractivity contribution in [2.75, 3.05) is 11.4 Å². The summed E-state index contributed by atoms with van der Waals surface area (Å²) in [4.78, 5) is 2.31. The molecule has 90 valence electrons. The van der Waals surface area contributed by atoms with E-state index in [0.29, 0.717) is 11.1 Å². The minimum absolute atomic E-state index is 0.476. The Morgan fingerprint density at radius 2 is 2.18 bits per heavy atom. The molecule has 2 atom stereocenters. The van der Waals surface area contributed by atoms with Crippen LogP contribution in [0.4, 0.5) is 5.69 Å². The fraction of sp³-hybridized carbons (Fsp3) is 0.500. The van der Waals surface area contributed by atoms with Crippen molar-refractivity contribution >= 4 is 17.3 Å². The minimum atomic E-state index is 0.476. The van der Waals surface area contributed by atoms with E-state index >= 15 is 0 Å². The van der Waals surface area contributed by atoms with Gasteiger partial charge in [-0.25, -0.2) is 0 Å². The molecule has 2 unspecified atom stereocenters. The van der Waals surface area contributed by atoms with Gasteiger partial charge in [0.1, 0.15) is 6.07 Å². The largest absolute Gasteiger partial charge is 0.368 e. The molecule has 0 saturated carbocycles. The number of nitriles is 1. The molecule has 0 aliphatic carbocycles. The van der Waals surface area contributed by atoms with Gasteiger partial charge in [-0.3, -0.25) is 0 Å². The smallest absolute Gasteiger partial charge is 0.101 e. The first-order chi connectivity index (χ1) is 8.11. The van der Waals surface area contributed by atoms with Gasteiger partial charge in [0.15, 0.2) is 0 Å². The summed E-state index contributed by atoms with van der Waals surface area (Å²) >= 11 is 6.03. The van der Waals surface area contributed by atoms with Gasteiger partial charge in [0.2, 0.25) is 0 Å². The highest BCUT2D eigenvalue weighted by Crippen LogP contribution is 2.31. The molecule has 0 radical (unpaired) electrons. The first-order valence-electron chi connectivity index (χ1n) is 6.08. The van der Waals surface area contributed by atoms with Gasteiger partial charge >= 0.3 is 0 Å². The van der Waals surface area contributed by atoms with Crippen molar-refractivity contribution in [3.05, 3.63) is 28.8 Å². The molecule has 17 heavy (non-hydrogen) atoms. The van der Waals surface area contributed by atoms with Crippen molar-refractivity contribution in [1.29, 1.82) is 5.26 Å². The van der Waals surface area contributed by atoms with Gasteiger partial charge < -0.3 is 4.90 Å². The first kappa shape index (κ1) is 12.3. The van der Waals surface area contributed by atoms with Gasteiger partial charge in [-0.1, -0.05) is 18.5 Å². The van der Waals surface area contributed by atoms with Crippen LogP contribution in [-0.4, -0.2) is 12.6 Å². The van der Waals surface area contributed by atoms with E-state index < -0.39 is 0 Å². The molecule has 1 fully saturated rings.